The zero-order valence-electron chi connectivity index (χ0n) is 20.9. The molecule has 4 aromatic rings. The van der Waals surface area contributed by atoms with Crippen molar-refractivity contribution in [2.24, 2.45) is 13.0 Å². The summed E-state index contributed by atoms with van der Waals surface area (Å²) >= 11 is 0. The minimum Gasteiger partial charge on any atom is -0.389 e. The number of carbonyl (C=O) groups excluding carboxylic acids is 1. The predicted molar refractivity (Wildman–Crippen MR) is 137 cm³/mol. The van der Waals surface area contributed by atoms with E-state index in [1.807, 2.05) is 67.9 Å². The number of rotatable bonds is 7. The minimum atomic E-state index is -0.717. The number of hydrogen-bond donors (Lipinski definition) is 3. The van der Waals surface area contributed by atoms with Crippen LogP contribution in [0.15, 0.2) is 42.9 Å². The average Bonchev–Trinajstić information content (AvgIpc) is 3.48. The number of hydrogen-bond acceptors (Lipinski definition) is 8. The second-order valence-corrected chi connectivity index (χ2v) is 9.78. The molecule has 0 spiro atoms. The van der Waals surface area contributed by atoms with Gasteiger partial charge in [0.2, 0.25) is 5.95 Å². The number of aliphatic hydroxyl groups excluding tert-OH is 2. The monoisotopic (exact) mass is 489 g/mol. The van der Waals surface area contributed by atoms with Crippen LogP contribution in [-0.4, -0.2) is 70.5 Å². The van der Waals surface area contributed by atoms with Gasteiger partial charge in [0.1, 0.15) is 0 Å². The van der Waals surface area contributed by atoms with Crippen LogP contribution in [-0.2, 0) is 13.6 Å². The molecule has 188 valence electrons. The molecule has 1 aromatic carbocycles. The summed E-state index contributed by atoms with van der Waals surface area (Å²) in [7, 11) is 1.94. The van der Waals surface area contributed by atoms with Crippen molar-refractivity contribution in [2.45, 2.75) is 39.5 Å². The van der Waals surface area contributed by atoms with E-state index in [4.69, 9.17) is 0 Å². The summed E-state index contributed by atoms with van der Waals surface area (Å²) in [4.78, 5) is 23.7. The van der Waals surface area contributed by atoms with Crippen LogP contribution in [0.5, 0.6) is 0 Å². The number of aliphatic hydroxyl groups is 2. The minimum absolute atomic E-state index is 0.0877. The van der Waals surface area contributed by atoms with Crippen LogP contribution >= 0.6 is 0 Å². The molecule has 1 aliphatic heterocycles. The molecule has 0 bridgehead atoms. The van der Waals surface area contributed by atoms with E-state index in [2.05, 4.69) is 20.4 Å². The number of aryl methyl sites for hydroxylation is 2. The summed E-state index contributed by atoms with van der Waals surface area (Å²) in [6, 6.07) is 7.66. The summed E-state index contributed by atoms with van der Waals surface area (Å²) in [5.74, 6) is 1.05. The predicted octanol–water partition coefficient (Wildman–Crippen LogP) is 2.58. The summed E-state index contributed by atoms with van der Waals surface area (Å²) < 4.78 is 3.67. The van der Waals surface area contributed by atoms with Gasteiger partial charge in [0.15, 0.2) is 11.6 Å². The maximum Gasteiger partial charge on any atom is 0.229 e. The zero-order valence-corrected chi connectivity index (χ0v) is 20.9. The third-order valence-corrected chi connectivity index (χ3v) is 6.64. The summed E-state index contributed by atoms with van der Waals surface area (Å²) in [5, 5.41) is 28.4. The Kier molecular flexibility index (Phi) is 6.33. The van der Waals surface area contributed by atoms with E-state index in [9.17, 15) is 15.0 Å². The smallest absolute Gasteiger partial charge is 0.229 e. The van der Waals surface area contributed by atoms with Crippen molar-refractivity contribution >= 4 is 28.3 Å². The Labute approximate surface area is 209 Å². The first-order chi connectivity index (χ1) is 17.2. The molecule has 1 saturated heterocycles. The Morgan fingerprint density at radius 3 is 2.64 bits per heavy atom. The molecule has 0 aliphatic carbocycles. The van der Waals surface area contributed by atoms with Gasteiger partial charge in [0, 0.05) is 85.0 Å². The first-order valence-corrected chi connectivity index (χ1v) is 12.1. The fourth-order valence-electron chi connectivity index (χ4n) is 4.63. The number of aromatic nitrogens is 5. The van der Waals surface area contributed by atoms with Gasteiger partial charge in [-0.3, -0.25) is 9.69 Å². The number of nitrogens with zero attached hydrogens (tertiary/aromatic N) is 6. The van der Waals surface area contributed by atoms with E-state index >= 15 is 0 Å². The van der Waals surface area contributed by atoms with Gasteiger partial charge >= 0.3 is 0 Å². The Hall–Kier alpha value is -3.60. The number of β-amino-alcohol motifs (C(OH)–C–C–N with tert-alkyl or cyclic N) is 2. The van der Waals surface area contributed by atoms with E-state index in [0.29, 0.717) is 37.0 Å². The highest BCUT2D eigenvalue weighted by Crippen LogP contribution is 2.27. The van der Waals surface area contributed by atoms with Gasteiger partial charge in [0.25, 0.3) is 0 Å². The largest absolute Gasteiger partial charge is 0.389 e. The van der Waals surface area contributed by atoms with Crippen LogP contribution < -0.4 is 5.32 Å². The SMILES string of the molecule is Cc1nn(-c2ccnc(Nc3ccc4c(c3)c(C(=O)C(C)C)cn4C)n2)cc1CN1CC(O)C(O)C1. The number of Topliss-reactive ketones (excluding diaryl/α,β-unsaturated/α-hetero) is 1. The van der Waals surface area contributed by atoms with Crippen molar-refractivity contribution < 1.29 is 15.0 Å². The molecule has 5 rings (SSSR count). The molecule has 2 atom stereocenters. The van der Waals surface area contributed by atoms with Crippen molar-refractivity contribution in [3.05, 3.63) is 59.7 Å². The third kappa shape index (κ3) is 4.62. The topological polar surface area (TPSA) is 121 Å². The molecule has 36 heavy (non-hydrogen) atoms. The highest BCUT2D eigenvalue weighted by Gasteiger charge is 2.30. The van der Waals surface area contributed by atoms with Crippen LogP contribution in [0.2, 0.25) is 0 Å². The molecule has 3 aromatic heterocycles. The molecule has 0 amide bonds. The van der Waals surface area contributed by atoms with Crippen molar-refractivity contribution in [3.63, 3.8) is 0 Å². The fraction of sp³-hybridized carbons (Fsp3) is 0.385. The number of ketones is 1. The third-order valence-electron chi connectivity index (χ3n) is 6.64. The summed E-state index contributed by atoms with van der Waals surface area (Å²) in [6.07, 6.45) is 4.03. The van der Waals surface area contributed by atoms with Crippen LogP contribution in [0, 0.1) is 12.8 Å². The Bertz CT molecular complexity index is 1410. The van der Waals surface area contributed by atoms with Gasteiger partial charge < -0.3 is 20.1 Å². The lowest BCUT2D eigenvalue weighted by molar-refractivity contribution is 0.0572. The van der Waals surface area contributed by atoms with E-state index in [1.165, 1.54) is 0 Å². The quantitative estimate of drug-likeness (QED) is 0.339. The molecule has 0 saturated carbocycles. The lowest BCUT2D eigenvalue weighted by atomic mass is 10.0. The van der Waals surface area contributed by atoms with Crippen molar-refractivity contribution in [3.8, 4) is 5.82 Å². The van der Waals surface area contributed by atoms with E-state index in [0.717, 1.165) is 27.8 Å². The first-order valence-electron chi connectivity index (χ1n) is 12.1. The first kappa shape index (κ1) is 24.1. The molecule has 10 heteroatoms. The molecule has 4 heterocycles. The average molecular weight is 490 g/mol. The molecule has 0 radical (unpaired) electrons. The maximum atomic E-state index is 12.7. The Morgan fingerprint density at radius 2 is 1.92 bits per heavy atom. The van der Waals surface area contributed by atoms with Crippen molar-refractivity contribution in [1.82, 2.24) is 29.2 Å². The highest BCUT2D eigenvalue weighted by atomic mass is 16.3. The molecule has 1 aliphatic rings. The maximum absolute atomic E-state index is 12.7. The number of benzene rings is 1. The van der Waals surface area contributed by atoms with Crippen molar-refractivity contribution in [2.75, 3.05) is 18.4 Å². The number of fused-ring (bicyclic) bond motifs is 1. The number of anilines is 2. The standard InChI is InChI=1S/C26H31N7O3/c1-15(2)25(36)20-12-31(4)21-6-5-18(9-19(20)21)28-26-27-8-7-24(29-26)33-11-17(16(3)30-33)10-32-13-22(34)23(35)14-32/h5-9,11-12,15,22-23,34-35H,10,13-14H2,1-4H3,(H,27,28,29). The highest BCUT2D eigenvalue weighted by molar-refractivity contribution is 6.09. The van der Waals surface area contributed by atoms with Crippen LogP contribution in [0.25, 0.3) is 16.7 Å². The van der Waals surface area contributed by atoms with E-state index < -0.39 is 12.2 Å². The van der Waals surface area contributed by atoms with Gasteiger partial charge in [-0.2, -0.15) is 10.1 Å². The van der Waals surface area contributed by atoms with Gasteiger partial charge in [-0.25, -0.2) is 9.67 Å². The van der Waals surface area contributed by atoms with E-state index in [1.54, 1.807) is 16.9 Å². The zero-order chi connectivity index (χ0) is 25.6. The fourth-order valence-corrected chi connectivity index (χ4v) is 4.63. The molecule has 3 N–H and O–H groups in total. The number of likely N-dealkylation sites (tertiary alicyclic amines) is 1. The lowest BCUT2D eigenvalue weighted by Gasteiger charge is -2.13. The van der Waals surface area contributed by atoms with Gasteiger partial charge in [-0.1, -0.05) is 13.8 Å². The van der Waals surface area contributed by atoms with Crippen LogP contribution in [0.1, 0.15) is 35.5 Å². The normalized spacial score (nSPS) is 18.4. The molecule has 10 nitrogen and oxygen atoms in total. The summed E-state index contributed by atoms with van der Waals surface area (Å²) in [5.41, 5.74) is 4.33. The second kappa shape index (κ2) is 9.45. The van der Waals surface area contributed by atoms with Crippen LogP contribution in [0.3, 0.4) is 0 Å². The van der Waals surface area contributed by atoms with Crippen molar-refractivity contribution in [1.29, 1.82) is 0 Å². The molecular formula is C26H31N7O3. The van der Waals surface area contributed by atoms with Gasteiger partial charge in [-0.05, 0) is 25.1 Å². The lowest BCUT2D eigenvalue weighted by Crippen LogP contribution is -2.22. The molecule has 1 fully saturated rings. The summed E-state index contributed by atoms with van der Waals surface area (Å²) in [6.45, 7) is 7.20. The Balaban J connectivity index is 1.38. The molecule has 2 unspecified atom stereocenters. The second-order valence-electron chi connectivity index (χ2n) is 9.78. The Morgan fingerprint density at radius 1 is 1.17 bits per heavy atom. The number of carbonyl (C=O) groups is 1. The number of nitrogens with one attached hydrogen (secondary N) is 1. The van der Waals surface area contributed by atoms with Gasteiger partial charge in [0.05, 0.1) is 17.9 Å². The van der Waals surface area contributed by atoms with Gasteiger partial charge in [-0.15, -0.1) is 0 Å². The van der Waals surface area contributed by atoms with E-state index in [-0.39, 0.29) is 11.7 Å². The molecular weight excluding hydrogens is 458 g/mol. The van der Waals surface area contributed by atoms with Crippen LogP contribution in [0.4, 0.5) is 11.6 Å².